The van der Waals surface area contributed by atoms with Crippen LogP contribution < -0.4 is 11.1 Å². The topological polar surface area (TPSA) is 138 Å². The van der Waals surface area contributed by atoms with Crippen molar-refractivity contribution >= 4 is 17.7 Å². The summed E-state index contributed by atoms with van der Waals surface area (Å²) in [6.07, 6.45) is 1.58. The third-order valence-electron chi connectivity index (χ3n) is 2.94. The average molecular weight is 298 g/mol. The molecule has 2 aromatic heterocycles. The second-order valence-corrected chi connectivity index (χ2v) is 4.78. The van der Waals surface area contributed by atoms with Crippen LogP contribution in [0.4, 0.5) is 11.8 Å². The summed E-state index contributed by atoms with van der Waals surface area (Å²) in [6, 6.07) is 5.35. The number of nitrogen functional groups attached to an aromatic ring is 1. The first-order valence-electron chi connectivity index (χ1n) is 6.47. The van der Waals surface area contributed by atoms with Gasteiger partial charge in [-0.15, -0.1) is 0 Å². The maximum atomic E-state index is 12.1. The van der Waals surface area contributed by atoms with E-state index in [0.29, 0.717) is 5.82 Å². The van der Waals surface area contributed by atoms with E-state index < -0.39 is 5.91 Å². The predicted molar refractivity (Wildman–Crippen MR) is 77.3 cm³/mol. The average Bonchev–Trinajstić information content (AvgIpc) is 3.04. The molecule has 0 unspecified atom stereocenters. The molecule has 22 heavy (non-hydrogen) atoms. The number of anilines is 2. The van der Waals surface area contributed by atoms with Gasteiger partial charge in [0.25, 0.3) is 0 Å². The van der Waals surface area contributed by atoms with Gasteiger partial charge in [-0.25, -0.2) is 9.67 Å². The fourth-order valence-corrected chi connectivity index (χ4v) is 1.97. The van der Waals surface area contributed by atoms with E-state index in [2.05, 4.69) is 15.4 Å². The number of aromatic nitrogens is 4. The molecule has 1 amide bonds. The number of amides is 1. The molecule has 9 heteroatoms. The summed E-state index contributed by atoms with van der Waals surface area (Å²) in [4.78, 5) is 15.9. The van der Waals surface area contributed by atoms with Crippen LogP contribution in [0.1, 0.15) is 31.3 Å². The summed E-state index contributed by atoms with van der Waals surface area (Å²) in [5.41, 5.74) is 5.51. The van der Waals surface area contributed by atoms with Gasteiger partial charge in [0, 0.05) is 12.1 Å². The Morgan fingerprint density at radius 2 is 2.18 bits per heavy atom. The molecule has 0 fully saturated rings. The molecule has 3 N–H and O–H groups in total. The third-order valence-corrected chi connectivity index (χ3v) is 2.94. The number of rotatable bonds is 4. The van der Waals surface area contributed by atoms with Crippen LogP contribution in [0, 0.1) is 22.7 Å². The molecule has 2 rings (SSSR count). The molecule has 0 saturated carbocycles. The number of nitrogens with zero attached hydrogens (tertiary/aromatic N) is 6. The third kappa shape index (κ3) is 2.74. The molecular weight excluding hydrogens is 284 g/mol. The van der Waals surface area contributed by atoms with Crippen LogP contribution in [0.2, 0.25) is 0 Å². The maximum absolute atomic E-state index is 12.1. The minimum atomic E-state index is -0.396. The fraction of sp³-hybridized carbons (Fsp3) is 0.308. The van der Waals surface area contributed by atoms with Crippen molar-refractivity contribution in [1.82, 2.24) is 19.3 Å². The van der Waals surface area contributed by atoms with Crippen molar-refractivity contribution in [3.63, 3.8) is 0 Å². The van der Waals surface area contributed by atoms with Crippen LogP contribution in [0.3, 0.4) is 0 Å². The van der Waals surface area contributed by atoms with Crippen molar-refractivity contribution in [2.75, 3.05) is 11.1 Å². The largest absolute Gasteiger partial charge is 0.369 e. The Kier molecular flexibility index (Phi) is 4.09. The first-order valence-corrected chi connectivity index (χ1v) is 6.47. The van der Waals surface area contributed by atoms with Crippen LogP contribution in [0.5, 0.6) is 0 Å². The normalized spacial score (nSPS) is 10.2. The number of nitrogens with two attached hydrogens (primary N) is 1. The van der Waals surface area contributed by atoms with E-state index in [1.54, 1.807) is 23.0 Å². The highest BCUT2D eigenvalue weighted by atomic mass is 16.2. The molecule has 0 bridgehead atoms. The number of nitrogens with one attached hydrogen (secondary N) is 1. The second kappa shape index (κ2) is 5.97. The Hall–Kier alpha value is -3.33. The summed E-state index contributed by atoms with van der Waals surface area (Å²) < 4.78 is 2.85. The van der Waals surface area contributed by atoms with E-state index in [1.165, 1.54) is 4.57 Å². The summed E-state index contributed by atoms with van der Waals surface area (Å²) in [6.45, 7) is 3.65. The molecular formula is C13H14N8O. The van der Waals surface area contributed by atoms with Crippen molar-refractivity contribution < 1.29 is 4.79 Å². The zero-order valence-corrected chi connectivity index (χ0v) is 12.1. The van der Waals surface area contributed by atoms with Crippen molar-refractivity contribution in [2.24, 2.45) is 0 Å². The van der Waals surface area contributed by atoms with Crippen molar-refractivity contribution in [2.45, 2.75) is 26.4 Å². The number of hydrogen-bond donors (Lipinski definition) is 2. The fourth-order valence-electron chi connectivity index (χ4n) is 1.97. The van der Waals surface area contributed by atoms with Crippen LogP contribution in [0.25, 0.3) is 0 Å². The lowest BCUT2D eigenvalue weighted by atomic mass is 10.3. The summed E-state index contributed by atoms with van der Waals surface area (Å²) in [5.74, 6) is 0.0887. The summed E-state index contributed by atoms with van der Waals surface area (Å²) in [7, 11) is 0. The zero-order valence-electron chi connectivity index (χ0n) is 12.1. The molecule has 0 aliphatic heterocycles. The van der Waals surface area contributed by atoms with E-state index in [-0.39, 0.29) is 29.9 Å². The lowest BCUT2D eigenvalue weighted by Gasteiger charge is -2.12. The first kappa shape index (κ1) is 15.1. The van der Waals surface area contributed by atoms with E-state index in [9.17, 15) is 4.79 Å². The Balaban J connectivity index is 2.20. The van der Waals surface area contributed by atoms with E-state index in [0.717, 1.165) is 0 Å². The number of nitriles is 2. The van der Waals surface area contributed by atoms with Gasteiger partial charge in [-0.3, -0.25) is 9.36 Å². The van der Waals surface area contributed by atoms with Crippen LogP contribution >= 0.6 is 0 Å². The van der Waals surface area contributed by atoms with E-state index in [4.69, 9.17) is 16.3 Å². The Morgan fingerprint density at radius 3 is 2.77 bits per heavy atom. The Bertz CT molecular complexity index is 786. The first-order chi connectivity index (χ1) is 10.5. The van der Waals surface area contributed by atoms with Crippen LogP contribution in [-0.4, -0.2) is 25.2 Å². The predicted octanol–water partition coefficient (Wildman–Crippen LogP) is 0.625. The molecule has 0 aliphatic carbocycles. The molecule has 0 spiro atoms. The maximum Gasteiger partial charge on any atom is 0.245 e. The van der Waals surface area contributed by atoms with Gasteiger partial charge in [0.15, 0.2) is 11.4 Å². The molecule has 0 saturated heterocycles. The van der Waals surface area contributed by atoms with Gasteiger partial charge >= 0.3 is 0 Å². The minimum Gasteiger partial charge on any atom is -0.369 e. The standard InChI is InChI=1S/C13H14N8O/c1-8(2)21-11(3-4-17-21)19-12(22)7-20-10(6-15)9(5-14)18-13(20)16/h3-4,8H,7H2,1-2H3,(H2,16,18)(H,19,22). The molecule has 9 nitrogen and oxygen atoms in total. The highest BCUT2D eigenvalue weighted by molar-refractivity contribution is 5.90. The molecule has 0 aromatic carbocycles. The molecule has 2 heterocycles. The van der Waals surface area contributed by atoms with Gasteiger partial charge in [0.2, 0.25) is 11.9 Å². The van der Waals surface area contributed by atoms with Crippen molar-refractivity contribution in [3.8, 4) is 12.1 Å². The zero-order chi connectivity index (χ0) is 16.3. The van der Waals surface area contributed by atoms with Gasteiger partial charge in [0.1, 0.15) is 24.5 Å². The lowest BCUT2D eigenvalue weighted by Crippen LogP contribution is -2.23. The molecule has 0 atom stereocenters. The monoisotopic (exact) mass is 298 g/mol. The SMILES string of the molecule is CC(C)n1nccc1NC(=O)Cn1c(N)nc(C#N)c1C#N. The van der Waals surface area contributed by atoms with Crippen molar-refractivity contribution in [1.29, 1.82) is 10.5 Å². The number of carbonyl (C=O) groups is 1. The minimum absolute atomic E-state index is 0.0347. The number of hydrogen-bond acceptors (Lipinski definition) is 6. The van der Waals surface area contributed by atoms with E-state index in [1.807, 2.05) is 19.9 Å². The van der Waals surface area contributed by atoms with Crippen LogP contribution in [0.15, 0.2) is 12.3 Å². The van der Waals surface area contributed by atoms with Gasteiger partial charge < -0.3 is 11.1 Å². The lowest BCUT2D eigenvalue weighted by molar-refractivity contribution is -0.116. The van der Waals surface area contributed by atoms with Gasteiger partial charge in [-0.05, 0) is 13.8 Å². The number of imidazole rings is 1. The molecule has 2 aromatic rings. The molecule has 0 radical (unpaired) electrons. The Labute approximate surface area is 126 Å². The van der Waals surface area contributed by atoms with Gasteiger partial charge in [-0.1, -0.05) is 0 Å². The molecule has 0 aliphatic rings. The smallest absolute Gasteiger partial charge is 0.245 e. The molecule has 112 valence electrons. The quantitative estimate of drug-likeness (QED) is 0.848. The highest BCUT2D eigenvalue weighted by Gasteiger charge is 2.18. The van der Waals surface area contributed by atoms with Gasteiger partial charge in [0.05, 0.1) is 6.20 Å². The highest BCUT2D eigenvalue weighted by Crippen LogP contribution is 2.15. The summed E-state index contributed by atoms with van der Waals surface area (Å²) >= 11 is 0. The van der Waals surface area contributed by atoms with Crippen LogP contribution in [-0.2, 0) is 11.3 Å². The van der Waals surface area contributed by atoms with E-state index >= 15 is 0 Å². The number of carbonyl (C=O) groups excluding carboxylic acids is 1. The van der Waals surface area contributed by atoms with Crippen molar-refractivity contribution in [3.05, 3.63) is 23.7 Å². The Morgan fingerprint density at radius 1 is 1.45 bits per heavy atom. The van der Waals surface area contributed by atoms with Gasteiger partial charge in [-0.2, -0.15) is 15.6 Å². The second-order valence-electron chi connectivity index (χ2n) is 4.78. The summed E-state index contributed by atoms with van der Waals surface area (Å²) in [5, 5.41) is 24.7.